The molecule has 1 rings (SSSR count). The first-order valence-corrected chi connectivity index (χ1v) is 6.18. The molecule has 0 aliphatic heterocycles. The van der Waals surface area contributed by atoms with Crippen molar-refractivity contribution in [3.63, 3.8) is 0 Å². The SMILES string of the molecule is CCCNCCNCC1(C)CCCC1. The third-order valence-electron chi connectivity index (χ3n) is 3.27. The summed E-state index contributed by atoms with van der Waals surface area (Å²) in [5, 5.41) is 6.97. The molecule has 0 spiro atoms. The van der Waals surface area contributed by atoms with Crippen LogP contribution in [-0.4, -0.2) is 26.2 Å². The van der Waals surface area contributed by atoms with Crippen LogP contribution in [0.5, 0.6) is 0 Å². The highest BCUT2D eigenvalue weighted by Gasteiger charge is 2.27. The van der Waals surface area contributed by atoms with Gasteiger partial charge in [0.25, 0.3) is 0 Å². The molecular formula is C12H26N2. The van der Waals surface area contributed by atoms with Crippen molar-refractivity contribution in [1.29, 1.82) is 0 Å². The van der Waals surface area contributed by atoms with Gasteiger partial charge in [0.1, 0.15) is 0 Å². The molecule has 0 amide bonds. The van der Waals surface area contributed by atoms with Crippen LogP contribution in [0.1, 0.15) is 46.0 Å². The molecule has 0 atom stereocenters. The topological polar surface area (TPSA) is 24.1 Å². The smallest absolute Gasteiger partial charge is 0.00769 e. The zero-order valence-corrected chi connectivity index (χ0v) is 9.86. The molecule has 84 valence electrons. The van der Waals surface area contributed by atoms with Gasteiger partial charge in [0.15, 0.2) is 0 Å². The van der Waals surface area contributed by atoms with Crippen LogP contribution >= 0.6 is 0 Å². The van der Waals surface area contributed by atoms with Crippen molar-refractivity contribution in [1.82, 2.24) is 10.6 Å². The predicted molar refractivity (Wildman–Crippen MR) is 62.6 cm³/mol. The molecule has 0 unspecified atom stereocenters. The highest BCUT2D eigenvalue weighted by Crippen LogP contribution is 2.36. The molecule has 0 radical (unpaired) electrons. The van der Waals surface area contributed by atoms with E-state index in [-0.39, 0.29) is 0 Å². The van der Waals surface area contributed by atoms with Gasteiger partial charge in [-0.2, -0.15) is 0 Å². The molecule has 2 nitrogen and oxygen atoms in total. The summed E-state index contributed by atoms with van der Waals surface area (Å²) in [6.45, 7) is 9.23. The Labute approximate surface area is 88.8 Å². The summed E-state index contributed by atoms with van der Waals surface area (Å²) in [7, 11) is 0. The summed E-state index contributed by atoms with van der Waals surface area (Å²) in [4.78, 5) is 0. The van der Waals surface area contributed by atoms with Crippen molar-refractivity contribution < 1.29 is 0 Å². The van der Waals surface area contributed by atoms with E-state index in [9.17, 15) is 0 Å². The molecular weight excluding hydrogens is 172 g/mol. The Balaban J connectivity index is 1.92. The van der Waals surface area contributed by atoms with Gasteiger partial charge in [-0.25, -0.2) is 0 Å². The maximum absolute atomic E-state index is 3.56. The van der Waals surface area contributed by atoms with Gasteiger partial charge in [0.2, 0.25) is 0 Å². The second kappa shape index (κ2) is 6.41. The fourth-order valence-corrected chi connectivity index (χ4v) is 2.27. The molecule has 2 N–H and O–H groups in total. The van der Waals surface area contributed by atoms with E-state index in [0.717, 1.165) is 19.6 Å². The first-order chi connectivity index (χ1) is 6.77. The highest BCUT2D eigenvalue weighted by atomic mass is 14.9. The monoisotopic (exact) mass is 198 g/mol. The van der Waals surface area contributed by atoms with Crippen molar-refractivity contribution in [3.8, 4) is 0 Å². The van der Waals surface area contributed by atoms with Crippen molar-refractivity contribution in [2.45, 2.75) is 46.0 Å². The lowest BCUT2D eigenvalue weighted by Gasteiger charge is -2.23. The predicted octanol–water partition coefficient (Wildman–Crippen LogP) is 2.16. The van der Waals surface area contributed by atoms with E-state index in [0.29, 0.717) is 5.41 Å². The molecule has 0 saturated heterocycles. The van der Waals surface area contributed by atoms with Crippen molar-refractivity contribution in [3.05, 3.63) is 0 Å². The number of rotatable bonds is 7. The third-order valence-corrected chi connectivity index (χ3v) is 3.27. The highest BCUT2D eigenvalue weighted by molar-refractivity contribution is 4.82. The quantitative estimate of drug-likeness (QED) is 0.613. The lowest BCUT2D eigenvalue weighted by molar-refractivity contribution is 0.315. The minimum absolute atomic E-state index is 0.602. The second-order valence-corrected chi connectivity index (χ2v) is 4.94. The summed E-state index contributed by atoms with van der Waals surface area (Å²) in [5.74, 6) is 0. The van der Waals surface area contributed by atoms with Gasteiger partial charge < -0.3 is 10.6 Å². The van der Waals surface area contributed by atoms with Crippen LogP contribution in [-0.2, 0) is 0 Å². The summed E-state index contributed by atoms with van der Waals surface area (Å²) < 4.78 is 0. The largest absolute Gasteiger partial charge is 0.315 e. The van der Waals surface area contributed by atoms with Crippen LogP contribution in [0.25, 0.3) is 0 Å². The lowest BCUT2D eigenvalue weighted by atomic mass is 9.89. The number of nitrogens with one attached hydrogen (secondary N) is 2. The Morgan fingerprint density at radius 3 is 2.29 bits per heavy atom. The van der Waals surface area contributed by atoms with Crippen LogP contribution in [0, 0.1) is 5.41 Å². The molecule has 0 aromatic rings. The van der Waals surface area contributed by atoms with Crippen molar-refractivity contribution in [2.75, 3.05) is 26.2 Å². The standard InChI is InChI=1S/C12H26N2/c1-3-8-13-9-10-14-11-12(2)6-4-5-7-12/h13-14H,3-11H2,1-2H3. The first kappa shape index (κ1) is 12.0. The Morgan fingerprint density at radius 1 is 1.00 bits per heavy atom. The zero-order chi connectivity index (χ0) is 10.3. The number of hydrogen-bond acceptors (Lipinski definition) is 2. The van der Waals surface area contributed by atoms with Gasteiger partial charge in [0.05, 0.1) is 0 Å². The zero-order valence-electron chi connectivity index (χ0n) is 9.86. The Hall–Kier alpha value is -0.0800. The maximum Gasteiger partial charge on any atom is 0.00769 e. The van der Waals surface area contributed by atoms with Gasteiger partial charge in [-0.3, -0.25) is 0 Å². The van der Waals surface area contributed by atoms with E-state index in [1.165, 1.54) is 38.6 Å². The molecule has 0 aromatic carbocycles. The Bertz CT molecular complexity index is 139. The van der Waals surface area contributed by atoms with Crippen molar-refractivity contribution in [2.24, 2.45) is 5.41 Å². The van der Waals surface area contributed by atoms with Gasteiger partial charge in [-0.05, 0) is 31.2 Å². The summed E-state index contributed by atoms with van der Waals surface area (Å²) in [6, 6.07) is 0. The van der Waals surface area contributed by atoms with Crippen LogP contribution in [0.2, 0.25) is 0 Å². The van der Waals surface area contributed by atoms with Crippen LogP contribution in [0.3, 0.4) is 0 Å². The van der Waals surface area contributed by atoms with E-state index in [1.807, 2.05) is 0 Å². The van der Waals surface area contributed by atoms with E-state index >= 15 is 0 Å². The van der Waals surface area contributed by atoms with Gasteiger partial charge in [-0.1, -0.05) is 26.7 Å². The fraction of sp³-hybridized carbons (Fsp3) is 1.00. The lowest BCUT2D eigenvalue weighted by Crippen LogP contribution is -2.34. The molecule has 1 aliphatic rings. The van der Waals surface area contributed by atoms with Gasteiger partial charge in [0, 0.05) is 19.6 Å². The maximum atomic E-state index is 3.56. The Kier molecular flexibility index (Phi) is 5.49. The van der Waals surface area contributed by atoms with E-state index in [1.54, 1.807) is 0 Å². The molecule has 1 aliphatic carbocycles. The van der Waals surface area contributed by atoms with Crippen molar-refractivity contribution >= 4 is 0 Å². The fourth-order valence-electron chi connectivity index (χ4n) is 2.27. The van der Waals surface area contributed by atoms with Crippen LogP contribution < -0.4 is 10.6 Å². The van der Waals surface area contributed by atoms with E-state index in [2.05, 4.69) is 24.5 Å². The van der Waals surface area contributed by atoms with Crippen LogP contribution in [0.4, 0.5) is 0 Å². The average Bonchev–Trinajstić information content (AvgIpc) is 2.59. The second-order valence-electron chi connectivity index (χ2n) is 4.94. The van der Waals surface area contributed by atoms with E-state index in [4.69, 9.17) is 0 Å². The van der Waals surface area contributed by atoms with Gasteiger partial charge in [-0.15, -0.1) is 0 Å². The third kappa shape index (κ3) is 4.43. The molecule has 1 saturated carbocycles. The van der Waals surface area contributed by atoms with E-state index < -0.39 is 0 Å². The normalized spacial score (nSPS) is 20.1. The van der Waals surface area contributed by atoms with Gasteiger partial charge >= 0.3 is 0 Å². The van der Waals surface area contributed by atoms with Crippen LogP contribution in [0.15, 0.2) is 0 Å². The minimum Gasteiger partial charge on any atom is -0.315 e. The summed E-state index contributed by atoms with van der Waals surface area (Å²) in [5.41, 5.74) is 0.602. The molecule has 2 heteroatoms. The molecule has 1 fully saturated rings. The first-order valence-electron chi connectivity index (χ1n) is 6.18. The molecule has 0 bridgehead atoms. The summed E-state index contributed by atoms with van der Waals surface area (Å²) >= 11 is 0. The minimum atomic E-state index is 0.602. The average molecular weight is 198 g/mol. The molecule has 0 heterocycles. The molecule has 0 aromatic heterocycles. The molecule has 14 heavy (non-hydrogen) atoms. The Morgan fingerprint density at radius 2 is 1.64 bits per heavy atom. The summed E-state index contributed by atoms with van der Waals surface area (Å²) in [6.07, 6.45) is 6.95. The number of hydrogen-bond donors (Lipinski definition) is 2.